The van der Waals surface area contributed by atoms with Crippen LogP contribution in [-0.2, 0) is 27.7 Å². The Labute approximate surface area is 155 Å². The molecule has 146 valence electrons. The Morgan fingerprint density at radius 2 is 1.93 bits per heavy atom. The highest BCUT2D eigenvalue weighted by atomic mass is 32.2. The van der Waals surface area contributed by atoms with Crippen molar-refractivity contribution in [2.45, 2.75) is 38.0 Å². The molecule has 0 atom stereocenters. The standard InChI is InChI=1S/C17H20F2N4O3S/c1-10-15(16(17(18)19)21-20-10)22-27(25,26)14-4-3-12-5-7-23(11(2)24)8-6-13(12)9-14/h3-4,9,17,22H,5-8H2,1-2H3,(H,20,21). The number of fused-ring (bicyclic) bond motifs is 1. The van der Waals surface area contributed by atoms with Gasteiger partial charge in [0.1, 0.15) is 0 Å². The van der Waals surface area contributed by atoms with E-state index in [1.54, 1.807) is 17.0 Å². The number of aromatic nitrogens is 2. The second-order valence-electron chi connectivity index (χ2n) is 6.45. The van der Waals surface area contributed by atoms with Crippen LogP contribution >= 0.6 is 0 Å². The Morgan fingerprint density at radius 3 is 2.56 bits per heavy atom. The van der Waals surface area contributed by atoms with Gasteiger partial charge in [0.15, 0.2) is 5.69 Å². The summed E-state index contributed by atoms with van der Waals surface area (Å²) in [5, 5.41) is 5.83. The van der Waals surface area contributed by atoms with Crippen molar-refractivity contribution in [3.8, 4) is 0 Å². The van der Waals surface area contributed by atoms with Gasteiger partial charge in [-0.05, 0) is 43.0 Å². The summed E-state index contributed by atoms with van der Waals surface area (Å²) in [6, 6.07) is 4.70. The first-order valence-electron chi connectivity index (χ1n) is 8.42. The summed E-state index contributed by atoms with van der Waals surface area (Å²) in [6.45, 7) is 4.06. The molecule has 0 saturated heterocycles. The van der Waals surface area contributed by atoms with Crippen LogP contribution in [0.2, 0.25) is 0 Å². The van der Waals surface area contributed by atoms with Crippen molar-refractivity contribution in [1.29, 1.82) is 0 Å². The van der Waals surface area contributed by atoms with Crippen molar-refractivity contribution < 1.29 is 22.0 Å². The lowest BCUT2D eigenvalue weighted by atomic mass is 10.0. The highest BCUT2D eigenvalue weighted by Crippen LogP contribution is 2.30. The van der Waals surface area contributed by atoms with Crippen LogP contribution in [0.25, 0.3) is 0 Å². The van der Waals surface area contributed by atoms with E-state index in [4.69, 9.17) is 0 Å². The third-order valence-electron chi connectivity index (χ3n) is 4.65. The zero-order chi connectivity index (χ0) is 19.8. The summed E-state index contributed by atoms with van der Waals surface area (Å²) < 4.78 is 53.7. The highest BCUT2D eigenvalue weighted by Gasteiger charge is 2.25. The number of halogens is 2. The number of nitrogens with one attached hydrogen (secondary N) is 2. The van der Waals surface area contributed by atoms with Crippen LogP contribution < -0.4 is 4.72 Å². The van der Waals surface area contributed by atoms with Gasteiger partial charge in [-0.1, -0.05) is 6.07 Å². The molecule has 2 aromatic rings. The Hall–Kier alpha value is -2.49. The Kier molecular flexibility index (Phi) is 5.18. The third kappa shape index (κ3) is 3.95. The molecule has 2 heterocycles. The predicted octanol–water partition coefficient (Wildman–Crippen LogP) is 2.40. The highest BCUT2D eigenvalue weighted by molar-refractivity contribution is 7.92. The van der Waals surface area contributed by atoms with Crippen LogP contribution in [0.1, 0.15) is 35.9 Å². The van der Waals surface area contributed by atoms with Gasteiger partial charge in [0.2, 0.25) is 5.91 Å². The molecule has 0 radical (unpaired) electrons. The van der Waals surface area contributed by atoms with Gasteiger partial charge in [0, 0.05) is 20.0 Å². The van der Waals surface area contributed by atoms with Crippen LogP contribution in [0.3, 0.4) is 0 Å². The number of aromatic amines is 1. The number of aryl methyl sites for hydroxylation is 1. The van der Waals surface area contributed by atoms with Gasteiger partial charge in [-0.3, -0.25) is 14.6 Å². The number of hydrogen-bond donors (Lipinski definition) is 2. The van der Waals surface area contributed by atoms with Gasteiger partial charge < -0.3 is 4.90 Å². The van der Waals surface area contributed by atoms with Crippen LogP contribution in [0.4, 0.5) is 14.5 Å². The van der Waals surface area contributed by atoms with E-state index in [9.17, 15) is 22.0 Å². The minimum atomic E-state index is -4.06. The van der Waals surface area contributed by atoms with Gasteiger partial charge in [-0.15, -0.1) is 0 Å². The van der Waals surface area contributed by atoms with Gasteiger partial charge >= 0.3 is 0 Å². The molecule has 1 amide bonds. The van der Waals surface area contributed by atoms with Crippen molar-refractivity contribution >= 4 is 21.6 Å². The number of carbonyl (C=O) groups is 1. The summed E-state index contributed by atoms with van der Waals surface area (Å²) in [5.74, 6) is -0.0210. The minimum Gasteiger partial charge on any atom is -0.342 e. The van der Waals surface area contributed by atoms with E-state index >= 15 is 0 Å². The molecule has 0 unspecified atom stereocenters. The van der Waals surface area contributed by atoms with Crippen molar-refractivity contribution in [1.82, 2.24) is 15.1 Å². The van der Waals surface area contributed by atoms with Crippen molar-refractivity contribution in [3.63, 3.8) is 0 Å². The fourth-order valence-corrected chi connectivity index (χ4v) is 4.30. The Morgan fingerprint density at radius 1 is 1.26 bits per heavy atom. The molecule has 1 aliphatic rings. The van der Waals surface area contributed by atoms with E-state index in [1.807, 2.05) is 0 Å². The van der Waals surface area contributed by atoms with Gasteiger partial charge in [-0.2, -0.15) is 5.10 Å². The fourth-order valence-electron chi connectivity index (χ4n) is 3.11. The first kappa shape index (κ1) is 19.3. The molecule has 1 aliphatic heterocycles. The number of alkyl halides is 2. The average molecular weight is 398 g/mol. The molecule has 10 heteroatoms. The monoisotopic (exact) mass is 398 g/mol. The fraction of sp³-hybridized carbons (Fsp3) is 0.412. The van der Waals surface area contributed by atoms with E-state index in [0.29, 0.717) is 25.9 Å². The maximum Gasteiger partial charge on any atom is 0.284 e. The lowest BCUT2D eigenvalue weighted by Crippen LogP contribution is -2.30. The molecule has 27 heavy (non-hydrogen) atoms. The maximum absolute atomic E-state index is 13.0. The number of carbonyl (C=O) groups excluding carboxylic acids is 1. The van der Waals surface area contributed by atoms with Gasteiger partial charge in [0.05, 0.1) is 16.3 Å². The number of amides is 1. The van der Waals surface area contributed by atoms with E-state index in [2.05, 4.69) is 14.9 Å². The van der Waals surface area contributed by atoms with E-state index in [-0.39, 0.29) is 22.2 Å². The van der Waals surface area contributed by atoms with Crippen LogP contribution in [-0.4, -0.2) is 42.5 Å². The van der Waals surface area contributed by atoms with Crippen LogP contribution in [0, 0.1) is 6.92 Å². The molecule has 0 fully saturated rings. The molecule has 0 aliphatic carbocycles. The van der Waals surface area contributed by atoms with Crippen LogP contribution in [0.5, 0.6) is 0 Å². The summed E-state index contributed by atoms with van der Waals surface area (Å²) >= 11 is 0. The van der Waals surface area contributed by atoms with Crippen molar-refractivity contribution in [2.24, 2.45) is 0 Å². The molecule has 1 aromatic heterocycles. The average Bonchev–Trinajstić information content (AvgIpc) is 2.82. The third-order valence-corrected chi connectivity index (χ3v) is 6.00. The summed E-state index contributed by atoms with van der Waals surface area (Å²) in [4.78, 5) is 13.3. The quantitative estimate of drug-likeness (QED) is 0.827. The molecular weight excluding hydrogens is 378 g/mol. The van der Waals surface area contributed by atoms with Gasteiger partial charge in [-0.25, -0.2) is 17.2 Å². The molecule has 1 aromatic carbocycles. The van der Waals surface area contributed by atoms with E-state index in [1.165, 1.54) is 19.9 Å². The maximum atomic E-state index is 13.0. The first-order valence-corrected chi connectivity index (χ1v) is 9.90. The molecule has 0 bridgehead atoms. The predicted molar refractivity (Wildman–Crippen MR) is 95.2 cm³/mol. The molecule has 0 spiro atoms. The number of hydrogen-bond acceptors (Lipinski definition) is 4. The Bertz CT molecular complexity index is 973. The molecule has 0 saturated carbocycles. The number of sulfonamides is 1. The van der Waals surface area contributed by atoms with Crippen molar-refractivity contribution in [2.75, 3.05) is 17.8 Å². The smallest absolute Gasteiger partial charge is 0.284 e. The van der Waals surface area contributed by atoms with Gasteiger partial charge in [0.25, 0.3) is 16.4 Å². The molecule has 2 N–H and O–H groups in total. The Balaban J connectivity index is 1.89. The SMILES string of the molecule is CC(=O)N1CCc2ccc(S(=O)(=O)Nc3c(C(F)F)n[nH]c3C)cc2CC1. The second-order valence-corrected chi connectivity index (χ2v) is 8.13. The molecule has 7 nitrogen and oxygen atoms in total. The topological polar surface area (TPSA) is 95.2 Å². The van der Waals surface area contributed by atoms with Crippen molar-refractivity contribution in [3.05, 3.63) is 40.7 Å². The number of H-pyrrole nitrogens is 1. The summed E-state index contributed by atoms with van der Waals surface area (Å²) in [7, 11) is -4.06. The normalized spacial score (nSPS) is 14.8. The number of rotatable bonds is 4. The van der Waals surface area contributed by atoms with E-state index < -0.39 is 22.1 Å². The summed E-state index contributed by atoms with van der Waals surface area (Å²) in [6.07, 6.45) is -1.73. The zero-order valence-electron chi connectivity index (χ0n) is 14.9. The van der Waals surface area contributed by atoms with E-state index in [0.717, 1.165) is 11.1 Å². The van der Waals surface area contributed by atoms with Crippen LogP contribution in [0.15, 0.2) is 23.1 Å². The lowest BCUT2D eigenvalue weighted by Gasteiger charge is -2.17. The minimum absolute atomic E-state index is 0.0154. The first-order chi connectivity index (χ1) is 12.7. The number of anilines is 1. The molecular formula is C17H20F2N4O3S. The second kappa shape index (κ2) is 7.26. The number of benzene rings is 1. The number of nitrogens with zero attached hydrogens (tertiary/aromatic N) is 2. The molecule has 3 rings (SSSR count). The zero-order valence-corrected chi connectivity index (χ0v) is 15.7. The lowest BCUT2D eigenvalue weighted by molar-refractivity contribution is -0.128. The summed E-state index contributed by atoms with van der Waals surface area (Å²) in [5.41, 5.74) is 1.15. The largest absolute Gasteiger partial charge is 0.342 e.